The topological polar surface area (TPSA) is 46.3 Å². The van der Waals surface area contributed by atoms with Crippen LogP contribution in [0.4, 0.5) is 0 Å². The molecule has 0 bridgehead atoms. The van der Waals surface area contributed by atoms with Crippen LogP contribution in [0.3, 0.4) is 0 Å². The van der Waals surface area contributed by atoms with Crippen LogP contribution >= 0.6 is 0 Å². The van der Waals surface area contributed by atoms with E-state index in [2.05, 4.69) is 26.0 Å². The summed E-state index contributed by atoms with van der Waals surface area (Å²) in [5, 5.41) is 0. The van der Waals surface area contributed by atoms with Gasteiger partial charge in [-0.1, -0.05) is 29.8 Å². The van der Waals surface area contributed by atoms with E-state index >= 15 is 0 Å². The molecule has 19 heavy (non-hydrogen) atoms. The van der Waals surface area contributed by atoms with E-state index in [1.807, 2.05) is 24.0 Å². The van der Waals surface area contributed by atoms with Gasteiger partial charge in [0.2, 0.25) is 5.91 Å². The van der Waals surface area contributed by atoms with E-state index in [9.17, 15) is 4.79 Å². The molecule has 0 unspecified atom stereocenters. The van der Waals surface area contributed by atoms with Gasteiger partial charge >= 0.3 is 0 Å². The molecule has 1 aliphatic heterocycles. The summed E-state index contributed by atoms with van der Waals surface area (Å²) in [6, 6.07) is 8.71. The molecule has 3 nitrogen and oxygen atoms in total. The van der Waals surface area contributed by atoms with Crippen molar-refractivity contribution in [1.29, 1.82) is 0 Å². The number of nitrogens with two attached hydrogens (primary N) is 1. The summed E-state index contributed by atoms with van der Waals surface area (Å²) in [6.07, 6.45) is 1.82. The number of rotatable bonds is 2. The Morgan fingerprint density at radius 3 is 2.84 bits per heavy atom. The summed E-state index contributed by atoms with van der Waals surface area (Å²) in [5.41, 5.74) is 8.26. The molecule has 3 atom stereocenters. The number of benzene rings is 1. The second-order valence-electron chi connectivity index (χ2n) is 5.80. The summed E-state index contributed by atoms with van der Waals surface area (Å²) in [7, 11) is 0. The highest BCUT2D eigenvalue weighted by molar-refractivity contribution is 5.83. The highest BCUT2D eigenvalue weighted by atomic mass is 16.2. The Bertz CT molecular complexity index is 458. The first-order chi connectivity index (χ1) is 8.99. The molecular formula is C16H24N2O. The van der Waals surface area contributed by atoms with Crippen molar-refractivity contribution >= 4 is 5.91 Å². The van der Waals surface area contributed by atoms with Crippen LogP contribution in [0.1, 0.15) is 43.7 Å². The molecule has 0 saturated carbocycles. The smallest absolute Gasteiger partial charge is 0.230 e. The Morgan fingerprint density at radius 2 is 2.21 bits per heavy atom. The number of likely N-dealkylation sites (tertiary alicyclic amines) is 1. The molecule has 3 heteroatoms. The number of hydrogen-bond acceptors (Lipinski definition) is 2. The van der Waals surface area contributed by atoms with E-state index in [4.69, 9.17) is 5.73 Å². The molecule has 1 aliphatic rings. The van der Waals surface area contributed by atoms with Crippen LogP contribution in [0.5, 0.6) is 0 Å². The highest BCUT2D eigenvalue weighted by Gasteiger charge is 2.30. The standard InChI is InChI=1S/C16H24N2O/c1-11-5-4-6-14(9-11)13(3)16(19)18-8-7-15(17)10-12(18)2/h4-6,9,12-13,15H,7-8,10,17H2,1-3H3/t12-,13-,15-/m0/s1. The molecule has 2 N–H and O–H groups in total. The lowest BCUT2D eigenvalue weighted by Crippen LogP contribution is -2.49. The quantitative estimate of drug-likeness (QED) is 0.887. The first-order valence-corrected chi connectivity index (χ1v) is 7.11. The van der Waals surface area contributed by atoms with Gasteiger partial charge in [0.25, 0.3) is 0 Å². The van der Waals surface area contributed by atoms with Gasteiger partial charge in [0.1, 0.15) is 0 Å². The molecule has 1 saturated heterocycles. The molecule has 1 fully saturated rings. The molecule has 104 valence electrons. The molecule has 1 heterocycles. The Labute approximate surface area is 115 Å². The molecule has 0 aromatic heterocycles. The van der Waals surface area contributed by atoms with Crippen LogP contribution in [0.15, 0.2) is 24.3 Å². The van der Waals surface area contributed by atoms with Crippen LogP contribution in [-0.2, 0) is 4.79 Å². The third-order valence-electron chi connectivity index (χ3n) is 4.11. The van der Waals surface area contributed by atoms with E-state index in [-0.39, 0.29) is 23.9 Å². The molecular weight excluding hydrogens is 236 g/mol. The molecule has 1 aromatic rings. The van der Waals surface area contributed by atoms with Crippen molar-refractivity contribution in [3.63, 3.8) is 0 Å². The molecule has 0 spiro atoms. The van der Waals surface area contributed by atoms with Crippen LogP contribution in [0, 0.1) is 6.92 Å². The Morgan fingerprint density at radius 1 is 1.47 bits per heavy atom. The second kappa shape index (κ2) is 5.74. The van der Waals surface area contributed by atoms with Gasteiger partial charge in [0, 0.05) is 18.6 Å². The molecule has 1 amide bonds. The molecule has 2 rings (SSSR count). The average molecular weight is 260 g/mol. The van der Waals surface area contributed by atoms with Crippen LogP contribution in [0.2, 0.25) is 0 Å². The second-order valence-corrected chi connectivity index (χ2v) is 5.80. The molecule has 0 radical (unpaired) electrons. The lowest BCUT2D eigenvalue weighted by molar-refractivity contribution is -0.135. The minimum Gasteiger partial charge on any atom is -0.339 e. The fourth-order valence-corrected chi connectivity index (χ4v) is 2.87. The number of aryl methyl sites for hydroxylation is 1. The zero-order valence-electron chi connectivity index (χ0n) is 12.1. The summed E-state index contributed by atoms with van der Waals surface area (Å²) >= 11 is 0. The average Bonchev–Trinajstić information content (AvgIpc) is 2.37. The first kappa shape index (κ1) is 14.1. The third-order valence-corrected chi connectivity index (χ3v) is 4.11. The van der Waals surface area contributed by atoms with E-state index in [0.29, 0.717) is 0 Å². The maximum absolute atomic E-state index is 12.6. The fraction of sp³-hybridized carbons (Fsp3) is 0.562. The first-order valence-electron chi connectivity index (χ1n) is 7.11. The van der Waals surface area contributed by atoms with Crippen molar-refractivity contribution in [3.8, 4) is 0 Å². The zero-order chi connectivity index (χ0) is 14.0. The van der Waals surface area contributed by atoms with Gasteiger partial charge in [-0.2, -0.15) is 0 Å². The normalized spacial score (nSPS) is 25.2. The molecule has 1 aromatic carbocycles. The monoisotopic (exact) mass is 260 g/mol. The lowest BCUT2D eigenvalue weighted by Gasteiger charge is -2.38. The summed E-state index contributed by atoms with van der Waals surface area (Å²) in [4.78, 5) is 14.6. The van der Waals surface area contributed by atoms with Gasteiger partial charge in [-0.15, -0.1) is 0 Å². The van der Waals surface area contributed by atoms with Crippen molar-refractivity contribution in [1.82, 2.24) is 4.90 Å². The molecule has 0 aliphatic carbocycles. The van der Waals surface area contributed by atoms with E-state index in [1.54, 1.807) is 0 Å². The minimum atomic E-state index is -0.0725. The number of nitrogens with zero attached hydrogens (tertiary/aromatic N) is 1. The predicted molar refractivity (Wildman–Crippen MR) is 78.0 cm³/mol. The largest absolute Gasteiger partial charge is 0.339 e. The Kier molecular flexibility index (Phi) is 4.25. The number of carbonyl (C=O) groups excluding carboxylic acids is 1. The summed E-state index contributed by atoms with van der Waals surface area (Å²) in [6.45, 7) is 6.94. The summed E-state index contributed by atoms with van der Waals surface area (Å²) in [5.74, 6) is 0.154. The van der Waals surface area contributed by atoms with Gasteiger partial charge in [-0.05, 0) is 39.2 Å². The minimum absolute atomic E-state index is 0.0725. The van der Waals surface area contributed by atoms with Gasteiger partial charge in [-0.25, -0.2) is 0 Å². The maximum Gasteiger partial charge on any atom is 0.230 e. The Hall–Kier alpha value is -1.35. The lowest BCUT2D eigenvalue weighted by atomic mass is 9.94. The SMILES string of the molecule is Cc1cccc([C@H](C)C(=O)N2CC[C@H](N)C[C@@H]2C)c1. The van der Waals surface area contributed by atoms with Crippen molar-refractivity contribution in [3.05, 3.63) is 35.4 Å². The van der Waals surface area contributed by atoms with Crippen LogP contribution < -0.4 is 5.73 Å². The van der Waals surface area contributed by atoms with Crippen molar-refractivity contribution in [2.75, 3.05) is 6.54 Å². The number of hydrogen-bond donors (Lipinski definition) is 1. The van der Waals surface area contributed by atoms with Crippen molar-refractivity contribution in [2.24, 2.45) is 5.73 Å². The number of amides is 1. The predicted octanol–water partition coefficient (Wildman–Crippen LogP) is 2.44. The zero-order valence-corrected chi connectivity index (χ0v) is 12.1. The number of carbonyl (C=O) groups is 1. The van der Waals surface area contributed by atoms with E-state index in [0.717, 1.165) is 24.9 Å². The summed E-state index contributed by atoms with van der Waals surface area (Å²) < 4.78 is 0. The van der Waals surface area contributed by atoms with Crippen molar-refractivity contribution < 1.29 is 4.79 Å². The van der Waals surface area contributed by atoms with Gasteiger partial charge < -0.3 is 10.6 Å². The number of piperidine rings is 1. The third kappa shape index (κ3) is 3.16. The van der Waals surface area contributed by atoms with Crippen molar-refractivity contribution in [2.45, 2.75) is 51.6 Å². The van der Waals surface area contributed by atoms with Gasteiger partial charge in [0.05, 0.1) is 5.92 Å². The Balaban J connectivity index is 2.11. The maximum atomic E-state index is 12.6. The van der Waals surface area contributed by atoms with Gasteiger partial charge in [-0.3, -0.25) is 4.79 Å². The van der Waals surface area contributed by atoms with E-state index in [1.165, 1.54) is 5.56 Å². The van der Waals surface area contributed by atoms with Crippen LogP contribution in [-0.4, -0.2) is 29.4 Å². The van der Waals surface area contributed by atoms with Gasteiger partial charge in [0.15, 0.2) is 0 Å². The highest BCUT2D eigenvalue weighted by Crippen LogP contribution is 2.24. The van der Waals surface area contributed by atoms with Crippen LogP contribution in [0.25, 0.3) is 0 Å². The van der Waals surface area contributed by atoms with E-state index < -0.39 is 0 Å². The fourth-order valence-electron chi connectivity index (χ4n) is 2.87.